The number of hydrogen-bond acceptors (Lipinski definition) is 2. The Morgan fingerprint density at radius 1 is 1.03 bits per heavy atom. The van der Waals surface area contributed by atoms with E-state index in [9.17, 15) is 4.79 Å². The van der Waals surface area contributed by atoms with Gasteiger partial charge in [-0.1, -0.05) is 60.7 Å². The maximum Gasteiger partial charge on any atom is 0.254 e. The Bertz CT molecular complexity index is 1040. The molecule has 34 heavy (non-hydrogen) atoms. The summed E-state index contributed by atoms with van der Waals surface area (Å²) in [5.41, 5.74) is 3.15. The number of hydrogen-bond donors (Lipinski definition) is 0. The fraction of sp³-hybridized carbons (Fsp3) is 0.414. The van der Waals surface area contributed by atoms with Crippen LogP contribution in [0.3, 0.4) is 0 Å². The van der Waals surface area contributed by atoms with Crippen molar-refractivity contribution in [3.63, 3.8) is 0 Å². The fourth-order valence-corrected chi connectivity index (χ4v) is 4.93. The third kappa shape index (κ3) is 6.53. The highest BCUT2D eigenvalue weighted by Gasteiger charge is 2.27. The molecule has 1 fully saturated rings. The van der Waals surface area contributed by atoms with Crippen LogP contribution in [0.15, 0.2) is 71.3 Å². The number of unbranched alkanes of at least 4 members (excludes halogenated alkanes) is 1. The van der Waals surface area contributed by atoms with E-state index in [1.54, 1.807) is 0 Å². The van der Waals surface area contributed by atoms with E-state index in [-0.39, 0.29) is 11.9 Å². The summed E-state index contributed by atoms with van der Waals surface area (Å²) in [4.78, 5) is 15.8. The minimum absolute atomic E-state index is 0.114. The molecule has 0 spiro atoms. The van der Waals surface area contributed by atoms with E-state index in [0.717, 1.165) is 48.0 Å². The van der Waals surface area contributed by atoms with Gasteiger partial charge in [0.05, 0.1) is 13.2 Å². The number of aromatic nitrogens is 1. The summed E-state index contributed by atoms with van der Waals surface area (Å²) in [6.07, 6.45) is 10.1. The zero-order chi connectivity index (χ0) is 23.8. The van der Waals surface area contributed by atoms with E-state index in [2.05, 4.69) is 74.9 Å². The van der Waals surface area contributed by atoms with Crippen LogP contribution in [0.1, 0.15) is 73.5 Å². The van der Waals surface area contributed by atoms with Crippen molar-refractivity contribution in [3.8, 4) is 5.75 Å². The molecule has 1 amide bonds. The largest absolute Gasteiger partial charge is 0.494 e. The van der Waals surface area contributed by atoms with Crippen molar-refractivity contribution in [2.45, 2.75) is 71.0 Å². The predicted octanol–water partition coefficient (Wildman–Crippen LogP) is 7.45. The number of amides is 1. The Balaban J connectivity index is 1.51. The third-order valence-corrected chi connectivity index (χ3v) is 7.19. The van der Waals surface area contributed by atoms with Gasteiger partial charge < -0.3 is 14.2 Å². The lowest BCUT2D eigenvalue weighted by Crippen LogP contribution is -2.41. The summed E-state index contributed by atoms with van der Waals surface area (Å²) >= 11 is 3.51. The lowest BCUT2D eigenvalue weighted by atomic mass is 9.93. The van der Waals surface area contributed by atoms with Gasteiger partial charge in [0, 0.05) is 34.5 Å². The molecule has 2 aromatic carbocycles. The maximum atomic E-state index is 13.7. The second kappa shape index (κ2) is 12.3. The Kier molecular flexibility index (Phi) is 8.86. The van der Waals surface area contributed by atoms with E-state index < -0.39 is 0 Å². The first kappa shape index (κ1) is 24.6. The molecule has 1 saturated carbocycles. The highest BCUT2D eigenvalue weighted by atomic mass is 79.9. The first-order valence-corrected chi connectivity index (χ1v) is 13.4. The molecule has 1 heterocycles. The Morgan fingerprint density at radius 2 is 1.76 bits per heavy atom. The highest BCUT2D eigenvalue weighted by molar-refractivity contribution is 9.10. The summed E-state index contributed by atoms with van der Waals surface area (Å²) in [7, 11) is 0. The van der Waals surface area contributed by atoms with Crippen molar-refractivity contribution >= 4 is 21.8 Å². The molecule has 1 aliphatic rings. The molecular formula is C29H35BrN2O2. The van der Waals surface area contributed by atoms with Crippen molar-refractivity contribution in [2.24, 2.45) is 0 Å². The lowest BCUT2D eigenvalue weighted by Gasteiger charge is -2.35. The molecule has 0 bridgehead atoms. The standard InChI is InChI=1S/C29H35BrN2O2/c1-2-3-20-34-28-17-13-24(14-18-28)29(33)32(26-8-5-4-6-9-26)22-27-10-7-19-31(27)21-23-11-15-25(30)16-12-23/h7,10-19,26H,2-6,8-9,20-22H2,1H3. The monoisotopic (exact) mass is 522 g/mol. The van der Waals surface area contributed by atoms with Crippen LogP contribution in [0.5, 0.6) is 5.75 Å². The van der Waals surface area contributed by atoms with Gasteiger partial charge in [-0.15, -0.1) is 0 Å². The molecule has 4 rings (SSSR count). The number of carbonyl (C=O) groups is 1. The number of carbonyl (C=O) groups excluding carboxylic acids is 1. The van der Waals surface area contributed by atoms with Gasteiger partial charge in [-0.05, 0) is 73.4 Å². The zero-order valence-corrected chi connectivity index (χ0v) is 21.7. The molecule has 4 nitrogen and oxygen atoms in total. The van der Waals surface area contributed by atoms with Crippen LogP contribution in [0.25, 0.3) is 0 Å². The first-order chi connectivity index (χ1) is 16.6. The molecule has 5 heteroatoms. The van der Waals surface area contributed by atoms with Crippen molar-refractivity contribution in [2.75, 3.05) is 6.61 Å². The third-order valence-electron chi connectivity index (χ3n) is 6.67. The summed E-state index contributed by atoms with van der Waals surface area (Å²) in [5, 5.41) is 0. The van der Waals surface area contributed by atoms with E-state index in [0.29, 0.717) is 13.2 Å². The van der Waals surface area contributed by atoms with Crippen molar-refractivity contribution in [1.29, 1.82) is 0 Å². The molecule has 0 N–H and O–H groups in total. The van der Waals surface area contributed by atoms with Gasteiger partial charge in [-0.2, -0.15) is 0 Å². The second-order valence-electron chi connectivity index (χ2n) is 9.21. The molecule has 180 valence electrons. The zero-order valence-electron chi connectivity index (χ0n) is 20.1. The van der Waals surface area contributed by atoms with Gasteiger partial charge in [0.1, 0.15) is 5.75 Å². The Labute approximate surface area is 212 Å². The molecule has 0 aliphatic heterocycles. The normalized spacial score (nSPS) is 14.2. The van der Waals surface area contributed by atoms with E-state index in [1.165, 1.54) is 30.5 Å². The van der Waals surface area contributed by atoms with Crippen molar-refractivity contribution in [1.82, 2.24) is 9.47 Å². The summed E-state index contributed by atoms with van der Waals surface area (Å²) in [6, 6.07) is 20.6. The van der Waals surface area contributed by atoms with Crippen LogP contribution < -0.4 is 4.74 Å². The lowest BCUT2D eigenvalue weighted by molar-refractivity contribution is 0.0608. The maximum absolute atomic E-state index is 13.7. The van der Waals surface area contributed by atoms with Gasteiger partial charge >= 0.3 is 0 Å². The quantitative estimate of drug-likeness (QED) is 0.259. The van der Waals surface area contributed by atoms with E-state index >= 15 is 0 Å². The number of halogens is 1. The molecule has 3 aromatic rings. The Hall–Kier alpha value is -2.53. The summed E-state index contributed by atoms with van der Waals surface area (Å²) in [6.45, 7) is 4.29. The van der Waals surface area contributed by atoms with Gasteiger partial charge in [0.2, 0.25) is 0 Å². The molecule has 0 unspecified atom stereocenters. The number of nitrogens with zero attached hydrogens (tertiary/aromatic N) is 2. The van der Waals surface area contributed by atoms with Gasteiger partial charge in [-0.25, -0.2) is 0 Å². The van der Waals surface area contributed by atoms with Crippen molar-refractivity contribution in [3.05, 3.63) is 88.2 Å². The minimum atomic E-state index is 0.114. The average molecular weight is 524 g/mol. The van der Waals surface area contributed by atoms with Gasteiger partial charge in [0.15, 0.2) is 0 Å². The molecule has 1 aliphatic carbocycles. The highest BCUT2D eigenvalue weighted by Crippen LogP contribution is 2.27. The van der Waals surface area contributed by atoms with Crippen LogP contribution in [0.2, 0.25) is 0 Å². The Morgan fingerprint density at radius 3 is 2.47 bits per heavy atom. The molecule has 0 saturated heterocycles. The molecule has 0 atom stereocenters. The van der Waals surface area contributed by atoms with Crippen LogP contribution in [-0.2, 0) is 13.1 Å². The van der Waals surface area contributed by atoms with Crippen LogP contribution in [-0.4, -0.2) is 28.0 Å². The van der Waals surface area contributed by atoms with Crippen molar-refractivity contribution < 1.29 is 9.53 Å². The topological polar surface area (TPSA) is 34.5 Å². The van der Waals surface area contributed by atoms with Gasteiger partial charge in [-0.3, -0.25) is 4.79 Å². The summed E-state index contributed by atoms with van der Waals surface area (Å²) in [5.74, 6) is 0.945. The van der Waals surface area contributed by atoms with Gasteiger partial charge in [0.25, 0.3) is 5.91 Å². The fourth-order valence-electron chi connectivity index (χ4n) is 4.66. The van der Waals surface area contributed by atoms with Crippen LogP contribution in [0, 0.1) is 0 Å². The smallest absolute Gasteiger partial charge is 0.254 e. The molecule has 0 radical (unpaired) electrons. The summed E-state index contributed by atoms with van der Waals surface area (Å²) < 4.78 is 9.14. The number of ether oxygens (including phenoxy) is 1. The first-order valence-electron chi connectivity index (χ1n) is 12.6. The number of rotatable bonds is 10. The van der Waals surface area contributed by atoms with Crippen LogP contribution in [0.4, 0.5) is 0 Å². The van der Waals surface area contributed by atoms with E-state index in [1.807, 2.05) is 24.3 Å². The molecule has 1 aromatic heterocycles. The minimum Gasteiger partial charge on any atom is -0.494 e. The molecular weight excluding hydrogens is 488 g/mol. The SMILES string of the molecule is CCCCOc1ccc(C(=O)N(Cc2cccn2Cc2ccc(Br)cc2)C2CCCCC2)cc1. The van der Waals surface area contributed by atoms with Crippen LogP contribution >= 0.6 is 15.9 Å². The average Bonchev–Trinajstić information content (AvgIpc) is 3.31. The predicted molar refractivity (Wildman–Crippen MR) is 141 cm³/mol. The number of benzene rings is 2. The second-order valence-corrected chi connectivity index (χ2v) is 10.1. The van der Waals surface area contributed by atoms with E-state index in [4.69, 9.17) is 4.74 Å².